The number of aromatic hydroxyl groups is 1. The van der Waals surface area contributed by atoms with Crippen LogP contribution in [0.15, 0.2) is 42.5 Å². The van der Waals surface area contributed by atoms with E-state index in [4.69, 9.17) is 16.3 Å². The summed E-state index contributed by atoms with van der Waals surface area (Å²) in [7, 11) is 0. The number of unbranched alkanes of at least 4 members (excludes halogenated alkanes) is 3. The van der Waals surface area contributed by atoms with Gasteiger partial charge in [-0.05, 0) is 42.3 Å². The highest BCUT2D eigenvalue weighted by Gasteiger charge is 2.42. The second-order valence-electron chi connectivity index (χ2n) is 8.13. The van der Waals surface area contributed by atoms with Crippen LogP contribution in [0.2, 0.25) is 5.02 Å². The number of carbonyl (C=O) groups is 1. The molecule has 1 amide bonds. The fraction of sp³-hybridized carbons (Fsp3) is 0.360. The number of aliphatic hydroxyl groups is 1. The largest absolute Gasteiger partial charge is 0.507 e. The van der Waals surface area contributed by atoms with Crippen LogP contribution in [-0.2, 0) is 0 Å². The molecule has 1 aromatic heterocycles. The molecule has 0 spiro atoms. The number of phenolic OH excluding ortho intramolecular Hbond substituents is 1. The molecule has 0 fully saturated rings. The maximum Gasteiger partial charge on any atom is 0.273 e. The molecule has 0 radical (unpaired) electrons. The van der Waals surface area contributed by atoms with Crippen LogP contribution < -0.4 is 4.74 Å². The van der Waals surface area contributed by atoms with Crippen molar-refractivity contribution in [3.63, 3.8) is 0 Å². The van der Waals surface area contributed by atoms with E-state index in [1.807, 2.05) is 24.3 Å². The monoisotopic (exact) mass is 469 g/mol. The lowest BCUT2D eigenvalue weighted by atomic mass is 9.95. The highest BCUT2D eigenvalue weighted by molar-refractivity contribution is 6.31. The summed E-state index contributed by atoms with van der Waals surface area (Å²) in [6.07, 6.45) is 4.56. The molecule has 2 aromatic carbocycles. The van der Waals surface area contributed by atoms with Crippen LogP contribution in [-0.4, -0.2) is 51.0 Å². The number of hydrogen-bond donors (Lipinski definition) is 3. The summed E-state index contributed by atoms with van der Waals surface area (Å²) >= 11 is 6.16. The quantitative estimate of drug-likeness (QED) is 0.365. The Hall–Kier alpha value is -3.03. The van der Waals surface area contributed by atoms with Crippen LogP contribution in [0.5, 0.6) is 11.5 Å². The van der Waals surface area contributed by atoms with Crippen LogP contribution in [0.1, 0.15) is 60.3 Å². The van der Waals surface area contributed by atoms with Crippen LogP contribution in [0, 0.1) is 0 Å². The van der Waals surface area contributed by atoms with E-state index in [0.29, 0.717) is 34.1 Å². The van der Waals surface area contributed by atoms with Gasteiger partial charge in [0.1, 0.15) is 22.9 Å². The summed E-state index contributed by atoms with van der Waals surface area (Å²) in [4.78, 5) is 14.7. The second-order valence-corrected chi connectivity index (χ2v) is 8.56. The van der Waals surface area contributed by atoms with E-state index >= 15 is 0 Å². The fourth-order valence-electron chi connectivity index (χ4n) is 4.25. The molecule has 4 rings (SSSR count). The van der Waals surface area contributed by atoms with Crippen molar-refractivity contribution in [2.75, 3.05) is 19.8 Å². The molecule has 0 saturated heterocycles. The third-order valence-electron chi connectivity index (χ3n) is 5.88. The number of halogens is 1. The van der Waals surface area contributed by atoms with Gasteiger partial charge < -0.3 is 19.8 Å². The minimum atomic E-state index is -0.467. The van der Waals surface area contributed by atoms with Gasteiger partial charge in [0.05, 0.1) is 19.3 Å². The van der Waals surface area contributed by atoms with Gasteiger partial charge in [-0.2, -0.15) is 5.10 Å². The third-order valence-corrected chi connectivity index (χ3v) is 6.12. The highest BCUT2D eigenvalue weighted by Crippen LogP contribution is 2.44. The van der Waals surface area contributed by atoms with E-state index in [1.165, 1.54) is 18.9 Å². The van der Waals surface area contributed by atoms with Gasteiger partial charge in [-0.25, -0.2) is 0 Å². The molecular weight excluding hydrogens is 442 g/mol. The predicted molar refractivity (Wildman–Crippen MR) is 127 cm³/mol. The Morgan fingerprint density at radius 2 is 1.94 bits per heavy atom. The van der Waals surface area contributed by atoms with Gasteiger partial charge in [0.15, 0.2) is 0 Å². The number of nitrogens with one attached hydrogen (secondary N) is 1. The molecule has 8 heteroatoms. The molecule has 1 unspecified atom stereocenters. The van der Waals surface area contributed by atoms with Crippen LogP contribution in [0.25, 0.3) is 11.3 Å². The second kappa shape index (κ2) is 10.3. The molecular formula is C25H28ClN3O4. The summed E-state index contributed by atoms with van der Waals surface area (Å²) in [5.41, 5.74) is 2.76. The van der Waals surface area contributed by atoms with Gasteiger partial charge in [0, 0.05) is 22.7 Å². The number of ether oxygens (including phenoxy) is 1. The highest BCUT2D eigenvalue weighted by atomic mass is 35.5. The van der Waals surface area contributed by atoms with Gasteiger partial charge in [-0.1, -0.05) is 49.9 Å². The Morgan fingerprint density at radius 1 is 1.15 bits per heavy atom. The molecule has 1 aliphatic heterocycles. The molecule has 0 bridgehead atoms. The zero-order chi connectivity index (χ0) is 23.4. The van der Waals surface area contributed by atoms with Crippen LogP contribution in [0.3, 0.4) is 0 Å². The number of H-pyrrole nitrogens is 1. The van der Waals surface area contributed by atoms with Gasteiger partial charge >= 0.3 is 0 Å². The number of hydrogen-bond acceptors (Lipinski definition) is 5. The minimum Gasteiger partial charge on any atom is -0.507 e. The lowest BCUT2D eigenvalue weighted by Gasteiger charge is -2.26. The Balaban J connectivity index is 1.66. The molecule has 33 heavy (non-hydrogen) atoms. The minimum absolute atomic E-state index is 0.0207. The Labute approximate surface area is 198 Å². The van der Waals surface area contributed by atoms with Crippen molar-refractivity contribution in [3.05, 3.63) is 64.3 Å². The number of amides is 1. The Bertz CT molecular complexity index is 1110. The van der Waals surface area contributed by atoms with Gasteiger partial charge in [-0.15, -0.1) is 0 Å². The summed E-state index contributed by atoms with van der Waals surface area (Å²) < 4.78 is 5.86. The SMILES string of the molecule is CCCCCCOc1ccc(C2c3c(-c4cc(Cl)ccc4O)n[nH]c3C(=O)N2CCO)cc1. The number of rotatable bonds is 10. The van der Waals surface area contributed by atoms with Crippen molar-refractivity contribution >= 4 is 17.5 Å². The summed E-state index contributed by atoms with van der Waals surface area (Å²) in [5, 5.41) is 27.6. The topological polar surface area (TPSA) is 98.7 Å². The molecule has 0 saturated carbocycles. The van der Waals surface area contributed by atoms with Crippen molar-refractivity contribution in [2.24, 2.45) is 0 Å². The first kappa shape index (κ1) is 23.1. The number of aromatic nitrogens is 2. The van der Waals surface area contributed by atoms with E-state index in [1.54, 1.807) is 17.0 Å². The molecule has 1 aliphatic rings. The molecule has 7 nitrogen and oxygen atoms in total. The molecule has 3 aromatic rings. The first-order valence-corrected chi connectivity index (χ1v) is 11.6. The van der Waals surface area contributed by atoms with E-state index in [2.05, 4.69) is 17.1 Å². The van der Waals surface area contributed by atoms with E-state index in [9.17, 15) is 15.0 Å². The van der Waals surface area contributed by atoms with Gasteiger partial charge in [-0.3, -0.25) is 9.89 Å². The Kier molecular flexibility index (Phi) is 7.20. The van der Waals surface area contributed by atoms with Crippen molar-refractivity contribution in [2.45, 2.75) is 38.6 Å². The summed E-state index contributed by atoms with van der Waals surface area (Å²) in [6.45, 7) is 2.85. The van der Waals surface area contributed by atoms with Crippen molar-refractivity contribution in [3.8, 4) is 22.8 Å². The number of fused-ring (bicyclic) bond motifs is 1. The normalized spacial score (nSPS) is 15.2. The summed E-state index contributed by atoms with van der Waals surface area (Å²) in [6, 6.07) is 11.9. The van der Waals surface area contributed by atoms with Crippen LogP contribution in [0.4, 0.5) is 0 Å². The van der Waals surface area contributed by atoms with Crippen molar-refractivity contribution in [1.29, 1.82) is 0 Å². The predicted octanol–water partition coefficient (Wildman–Crippen LogP) is 4.93. The average molecular weight is 470 g/mol. The first-order valence-electron chi connectivity index (χ1n) is 11.3. The molecule has 2 heterocycles. The molecule has 174 valence electrons. The molecule has 3 N–H and O–H groups in total. The van der Waals surface area contributed by atoms with E-state index in [-0.39, 0.29) is 24.8 Å². The number of β-amino-alcohol motifs (C(OH)–C–C–N with tert-alkyl or cyclic N) is 1. The standard InChI is InChI=1S/C25H28ClN3O4/c1-2-3-4-5-14-33-18-9-6-16(7-10-18)24-21-22(19-15-17(26)8-11-20(19)31)27-28-23(21)25(32)29(24)12-13-30/h6-11,15,24,30-31H,2-5,12-14H2,1H3,(H,27,28). The average Bonchev–Trinajstić information content (AvgIpc) is 3.35. The fourth-order valence-corrected chi connectivity index (χ4v) is 4.42. The van der Waals surface area contributed by atoms with Crippen molar-refractivity contribution < 1.29 is 19.7 Å². The first-order chi connectivity index (χ1) is 16.0. The zero-order valence-corrected chi connectivity index (χ0v) is 19.3. The number of nitrogens with zero attached hydrogens (tertiary/aromatic N) is 2. The zero-order valence-electron chi connectivity index (χ0n) is 18.6. The molecule has 0 aliphatic carbocycles. The maximum atomic E-state index is 13.1. The van der Waals surface area contributed by atoms with Crippen molar-refractivity contribution in [1.82, 2.24) is 15.1 Å². The Morgan fingerprint density at radius 3 is 2.67 bits per heavy atom. The lowest BCUT2D eigenvalue weighted by Crippen LogP contribution is -2.32. The number of aromatic amines is 1. The molecule has 1 atom stereocenters. The van der Waals surface area contributed by atoms with Crippen LogP contribution >= 0.6 is 11.6 Å². The number of carbonyl (C=O) groups excluding carboxylic acids is 1. The van der Waals surface area contributed by atoms with Gasteiger partial charge in [0.25, 0.3) is 5.91 Å². The third kappa shape index (κ3) is 4.70. The van der Waals surface area contributed by atoms with E-state index < -0.39 is 6.04 Å². The van der Waals surface area contributed by atoms with Gasteiger partial charge in [0.2, 0.25) is 0 Å². The summed E-state index contributed by atoms with van der Waals surface area (Å²) in [5.74, 6) is 0.543. The number of benzene rings is 2. The van der Waals surface area contributed by atoms with E-state index in [0.717, 1.165) is 24.2 Å². The maximum absolute atomic E-state index is 13.1. The smallest absolute Gasteiger partial charge is 0.273 e. The lowest BCUT2D eigenvalue weighted by molar-refractivity contribution is 0.0706. The number of phenols is 1. The number of aliphatic hydroxyl groups excluding tert-OH is 1.